The first-order valence-corrected chi connectivity index (χ1v) is 12.1. The minimum absolute atomic E-state index is 0.0449. The minimum Gasteiger partial charge on any atom is -0.477 e. The van der Waals surface area contributed by atoms with Gasteiger partial charge in [0, 0.05) is 10.7 Å². The van der Waals surface area contributed by atoms with Crippen LogP contribution < -0.4 is 11.1 Å². The van der Waals surface area contributed by atoms with Gasteiger partial charge in [-0.3, -0.25) is 14.5 Å². The highest BCUT2D eigenvalue weighted by Gasteiger charge is 2.54. The van der Waals surface area contributed by atoms with Crippen molar-refractivity contribution in [2.45, 2.75) is 15.8 Å². The number of aromatic nitrogens is 3. The second kappa shape index (κ2) is 8.62. The van der Waals surface area contributed by atoms with Gasteiger partial charge in [0.25, 0.3) is 11.8 Å². The molecule has 0 bridgehead atoms. The Hall–Kier alpha value is -2.40. The average Bonchev–Trinajstić information content (AvgIpc) is 3.35. The molecule has 5 N–H and O–H groups in total. The first kappa shape index (κ1) is 21.8. The molecule has 17 heteroatoms. The molecule has 2 atom stereocenters. The Morgan fingerprint density at radius 1 is 1.45 bits per heavy atom. The molecule has 2 aromatic heterocycles. The number of thiazole rings is 1. The number of anilines is 1. The fourth-order valence-corrected chi connectivity index (χ4v) is 6.90. The van der Waals surface area contributed by atoms with Crippen LogP contribution in [0.25, 0.3) is 0 Å². The Bertz CT molecular complexity index is 1130. The van der Waals surface area contributed by atoms with E-state index in [1.165, 1.54) is 28.6 Å². The van der Waals surface area contributed by atoms with Crippen LogP contribution in [0.4, 0.5) is 5.13 Å². The Labute approximate surface area is 194 Å². The smallest absolute Gasteiger partial charge is 0.353 e. The van der Waals surface area contributed by atoms with Gasteiger partial charge >= 0.3 is 5.97 Å². The summed E-state index contributed by atoms with van der Waals surface area (Å²) in [4.78, 5) is 42.6. The zero-order valence-corrected chi connectivity index (χ0v) is 18.9. The van der Waals surface area contributed by atoms with Crippen molar-refractivity contribution < 1.29 is 24.7 Å². The van der Waals surface area contributed by atoms with Crippen LogP contribution in [0.1, 0.15) is 5.69 Å². The quantitative estimate of drug-likeness (QED) is 0.184. The molecule has 162 valence electrons. The number of fused-ring (bicyclic) bond motifs is 1. The van der Waals surface area contributed by atoms with Gasteiger partial charge in [0.2, 0.25) is 0 Å². The summed E-state index contributed by atoms with van der Waals surface area (Å²) >= 11 is 10.5. The number of hydrogen-bond donors (Lipinski definition) is 4. The van der Waals surface area contributed by atoms with Gasteiger partial charge in [-0.1, -0.05) is 51.2 Å². The predicted molar refractivity (Wildman–Crippen MR) is 115 cm³/mol. The summed E-state index contributed by atoms with van der Waals surface area (Å²) < 4.78 is 0.595. The van der Waals surface area contributed by atoms with Crippen molar-refractivity contribution in [3.05, 3.63) is 26.1 Å². The van der Waals surface area contributed by atoms with Crippen LogP contribution >= 0.6 is 57.8 Å². The molecule has 12 nitrogen and oxygen atoms in total. The normalized spacial score (nSPS) is 21.0. The van der Waals surface area contributed by atoms with Crippen molar-refractivity contribution in [1.29, 1.82) is 0 Å². The number of hydrogen-bond acceptors (Lipinski definition) is 13. The van der Waals surface area contributed by atoms with E-state index in [4.69, 9.17) is 17.3 Å². The number of carbonyl (C=O) groups is 3. The molecule has 4 rings (SSSR count). The molecular formula is C14H10ClN7O5S4. The third-order valence-corrected chi connectivity index (χ3v) is 8.52. The average molecular weight is 520 g/mol. The molecule has 0 spiro atoms. The van der Waals surface area contributed by atoms with E-state index in [0.717, 1.165) is 28.0 Å². The Kier molecular flexibility index (Phi) is 6.07. The van der Waals surface area contributed by atoms with Crippen molar-refractivity contribution in [1.82, 2.24) is 25.4 Å². The zero-order valence-electron chi connectivity index (χ0n) is 14.9. The SMILES string of the molecule is Nc1nc(/C(=N\O)C(=O)N[C@@H]2C(=O)N3C(C(=O)O)=C(Sc4nncs4)CSC23)c(Cl)s1. The number of β-lactam (4-membered cyclic amide) rings is 1. The number of nitrogen functional groups attached to an aromatic ring is 1. The summed E-state index contributed by atoms with van der Waals surface area (Å²) in [7, 11) is 0. The van der Waals surface area contributed by atoms with E-state index < -0.39 is 34.9 Å². The van der Waals surface area contributed by atoms with Gasteiger partial charge in [-0.25, -0.2) is 9.78 Å². The summed E-state index contributed by atoms with van der Waals surface area (Å²) in [5.41, 5.74) is 6.28. The number of rotatable bonds is 6. The largest absolute Gasteiger partial charge is 0.477 e. The summed E-state index contributed by atoms with van der Waals surface area (Å²) in [6, 6.07) is -1.02. The van der Waals surface area contributed by atoms with Crippen LogP contribution in [-0.2, 0) is 14.4 Å². The third kappa shape index (κ3) is 3.96. The number of amides is 2. The van der Waals surface area contributed by atoms with E-state index in [1.807, 2.05) is 0 Å². The molecule has 0 aromatic carbocycles. The van der Waals surface area contributed by atoms with Crippen molar-refractivity contribution in [3.63, 3.8) is 0 Å². The van der Waals surface area contributed by atoms with Gasteiger partial charge < -0.3 is 21.4 Å². The lowest BCUT2D eigenvalue weighted by molar-refractivity contribution is -0.150. The Morgan fingerprint density at radius 2 is 2.23 bits per heavy atom. The number of aliphatic carboxylic acids is 1. The van der Waals surface area contributed by atoms with Crippen LogP contribution in [-0.4, -0.2) is 71.1 Å². The minimum atomic E-state index is -1.27. The van der Waals surface area contributed by atoms with E-state index in [-0.39, 0.29) is 20.9 Å². The number of carboxylic acid groups (broad SMARTS) is 1. The Balaban J connectivity index is 1.53. The second-order valence-electron chi connectivity index (χ2n) is 5.87. The van der Waals surface area contributed by atoms with Crippen molar-refractivity contribution in [2.75, 3.05) is 11.5 Å². The molecular weight excluding hydrogens is 510 g/mol. The first-order chi connectivity index (χ1) is 14.8. The summed E-state index contributed by atoms with van der Waals surface area (Å²) in [5, 5.41) is 31.3. The number of nitrogens with zero attached hydrogens (tertiary/aromatic N) is 5. The maximum absolute atomic E-state index is 12.7. The number of nitrogens with one attached hydrogen (secondary N) is 1. The monoisotopic (exact) mass is 519 g/mol. The molecule has 0 radical (unpaired) electrons. The highest BCUT2D eigenvalue weighted by molar-refractivity contribution is 8.07. The lowest BCUT2D eigenvalue weighted by atomic mass is 10.0. The van der Waals surface area contributed by atoms with Gasteiger partial charge in [-0.15, -0.1) is 22.0 Å². The van der Waals surface area contributed by atoms with Crippen LogP contribution in [0.5, 0.6) is 0 Å². The van der Waals surface area contributed by atoms with Crippen LogP contribution in [0.3, 0.4) is 0 Å². The number of halogens is 1. The fraction of sp³-hybridized carbons (Fsp3) is 0.214. The fourth-order valence-electron chi connectivity index (χ4n) is 2.86. The molecule has 0 aliphatic carbocycles. The summed E-state index contributed by atoms with van der Waals surface area (Å²) in [5.74, 6) is -2.48. The number of carbonyl (C=O) groups excluding carboxylic acids is 2. The highest BCUT2D eigenvalue weighted by Crippen LogP contribution is 2.45. The van der Waals surface area contributed by atoms with Crippen LogP contribution in [0.15, 0.2) is 25.6 Å². The first-order valence-electron chi connectivity index (χ1n) is 8.12. The van der Waals surface area contributed by atoms with E-state index >= 15 is 0 Å². The zero-order chi connectivity index (χ0) is 22.3. The molecule has 2 aliphatic heterocycles. The maximum Gasteiger partial charge on any atom is 0.353 e. The summed E-state index contributed by atoms with van der Waals surface area (Å²) in [6.07, 6.45) is 0. The maximum atomic E-state index is 12.7. The third-order valence-electron chi connectivity index (χ3n) is 4.11. The molecule has 2 aromatic rings. The molecule has 1 saturated heterocycles. The lowest BCUT2D eigenvalue weighted by Gasteiger charge is -2.49. The van der Waals surface area contributed by atoms with Gasteiger partial charge in [-0.05, 0) is 0 Å². The van der Waals surface area contributed by atoms with Crippen LogP contribution in [0, 0.1) is 0 Å². The van der Waals surface area contributed by atoms with Crippen LogP contribution in [0.2, 0.25) is 4.34 Å². The molecule has 4 heterocycles. The number of nitrogens with two attached hydrogens (primary N) is 1. The number of carboxylic acids is 1. The van der Waals surface area contributed by atoms with Crippen molar-refractivity contribution >= 4 is 86.4 Å². The van der Waals surface area contributed by atoms with Crippen molar-refractivity contribution in [2.24, 2.45) is 5.16 Å². The highest BCUT2D eigenvalue weighted by atomic mass is 35.5. The molecule has 1 fully saturated rings. The van der Waals surface area contributed by atoms with E-state index in [2.05, 4.69) is 25.7 Å². The van der Waals surface area contributed by atoms with Crippen molar-refractivity contribution in [3.8, 4) is 0 Å². The van der Waals surface area contributed by atoms with E-state index in [0.29, 0.717) is 15.0 Å². The second-order valence-corrected chi connectivity index (χ2v) is 10.8. The molecule has 2 aliphatic rings. The number of thioether (sulfide) groups is 2. The summed E-state index contributed by atoms with van der Waals surface area (Å²) in [6.45, 7) is 0. The Morgan fingerprint density at radius 3 is 2.81 bits per heavy atom. The standard InChI is InChI=1S/C14H10ClN7O5S4/c15-8-4(19-13(16)31-8)5(21-27)9(23)18-6-10(24)22-7(12(25)26)3(1-28-11(6)22)30-14-20-17-2-29-14/h2,6,11,27H,1H2,(H2,16,19)(H,18,23)(H,25,26)/b21-5+/t6-,11?/m1/s1. The molecule has 1 unspecified atom stereocenters. The molecule has 2 amide bonds. The lowest BCUT2D eigenvalue weighted by Crippen LogP contribution is -2.71. The van der Waals surface area contributed by atoms with E-state index in [1.54, 1.807) is 0 Å². The predicted octanol–water partition coefficient (Wildman–Crippen LogP) is 0.897. The molecule has 0 saturated carbocycles. The van der Waals surface area contributed by atoms with E-state index in [9.17, 15) is 24.7 Å². The van der Waals surface area contributed by atoms with Gasteiger partial charge in [0.1, 0.15) is 32.7 Å². The van der Waals surface area contributed by atoms with Gasteiger partial charge in [0.05, 0.1) is 0 Å². The topological polar surface area (TPSA) is 184 Å². The molecule has 31 heavy (non-hydrogen) atoms. The van der Waals surface area contributed by atoms with Gasteiger partial charge in [0.15, 0.2) is 15.2 Å². The number of oxime groups is 1. The van der Waals surface area contributed by atoms with Gasteiger partial charge in [-0.2, -0.15) is 0 Å².